The molecule has 1 atom stereocenters. The van der Waals surface area contributed by atoms with Crippen LogP contribution in [0.2, 0.25) is 0 Å². The molecule has 1 aromatic carbocycles. The fraction of sp³-hybridized carbons (Fsp3) is 0.480. The Morgan fingerprint density at radius 1 is 1.09 bits per heavy atom. The number of rotatable bonds is 11. The standard InChI is InChI=1S/C25H35N5OS/c1-7-14-29-18(3)15-21(19(29)4)23(31)17-32-25-27-26-24(22(8-2)28(5)6)30(25)16-20-12-10-9-11-13-20/h9-13,15,22H,7-8,14,16-17H2,1-6H3. The maximum absolute atomic E-state index is 13.1. The quantitative estimate of drug-likeness (QED) is 0.297. The molecule has 0 fully saturated rings. The summed E-state index contributed by atoms with van der Waals surface area (Å²) >= 11 is 1.48. The third-order valence-corrected chi connectivity index (χ3v) is 6.86. The minimum Gasteiger partial charge on any atom is -0.348 e. The van der Waals surface area contributed by atoms with Crippen LogP contribution in [0.5, 0.6) is 0 Å². The summed E-state index contributed by atoms with van der Waals surface area (Å²) in [5.41, 5.74) is 4.21. The fourth-order valence-corrected chi connectivity index (χ4v) is 5.03. The number of aryl methyl sites for hydroxylation is 1. The molecule has 0 saturated carbocycles. The Labute approximate surface area is 196 Å². The normalized spacial score (nSPS) is 12.5. The van der Waals surface area contributed by atoms with E-state index in [9.17, 15) is 4.79 Å². The Morgan fingerprint density at radius 3 is 2.44 bits per heavy atom. The summed E-state index contributed by atoms with van der Waals surface area (Å²) in [5, 5.41) is 9.84. The Hall–Kier alpha value is -2.38. The summed E-state index contributed by atoms with van der Waals surface area (Å²) in [5.74, 6) is 1.43. The van der Waals surface area contributed by atoms with Gasteiger partial charge in [-0.15, -0.1) is 10.2 Å². The van der Waals surface area contributed by atoms with E-state index in [2.05, 4.69) is 71.2 Å². The molecule has 6 nitrogen and oxygen atoms in total. The lowest BCUT2D eigenvalue weighted by atomic mass is 10.2. The van der Waals surface area contributed by atoms with Gasteiger partial charge in [-0.1, -0.05) is 55.9 Å². The predicted molar refractivity (Wildman–Crippen MR) is 132 cm³/mol. The number of hydrogen-bond acceptors (Lipinski definition) is 5. The lowest BCUT2D eigenvalue weighted by Crippen LogP contribution is -2.23. The highest BCUT2D eigenvalue weighted by molar-refractivity contribution is 7.99. The van der Waals surface area contributed by atoms with Gasteiger partial charge in [-0.25, -0.2) is 0 Å². The van der Waals surface area contributed by atoms with E-state index in [1.807, 2.05) is 31.2 Å². The van der Waals surface area contributed by atoms with Crippen molar-refractivity contribution < 1.29 is 4.79 Å². The van der Waals surface area contributed by atoms with Crippen LogP contribution in [0.25, 0.3) is 0 Å². The molecule has 172 valence electrons. The molecule has 32 heavy (non-hydrogen) atoms. The van der Waals surface area contributed by atoms with Gasteiger partial charge in [0.25, 0.3) is 0 Å². The van der Waals surface area contributed by atoms with E-state index in [0.29, 0.717) is 12.3 Å². The molecule has 3 rings (SSSR count). The van der Waals surface area contributed by atoms with E-state index in [0.717, 1.165) is 47.3 Å². The predicted octanol–water partition coefficient (Wildman–Crippen LogP) is 5.14. The highest BCUT2D eigenvalue weighted by Crippen LogP contribution is 2.27. The smallest absolute Gasteiger partial charge is 0.192 e. The lowest BCUT2D eigenvalue weighted by molar-refractivity contribution is 0.102. The molecule has 1 unspecified atom stereocenters. The van der Waals surface area contributed by atoms with Crippen molar-refractivity contribution in [2.24, 2.45) is 0 Å². The molecule has 0 aliphatic carbocycles. The first-order valence-corrected chi connectivity index (χ1v) is 12.3. The Bertz CT molecular complexity index is 1040. The molecule has 3 aromatic rings. The van der Waals surface area contributed by atoms with Crippen LogP contribution in [0.4, 0.5) is 0 Å². The second-order valence-electron chi connectivity index (χ2n) is 8.45. The van der Waals surface area contributed by atoms with Crippen molar-refractivity contribution in [2.45, 2.75) is 64.8 Å². The number of thioether (sulfide) groups is 1. The van der Waals surface area contributed by atoms with Gasteiger partial charge in [-0.05, 0) is 52.4 Å². The van der Waals surface area contributed by atoms with Crippen LogP contribution in [-0.4, -0.2) is 49.9 Å². The van der Waals surface area contributed by atoms with Crippen LogP contribution < -0.4 is 0 Å². The van der Waals surface area contributed by atoms with Crippen molar-refractivity contribution in [1.82, 2.24) is 24.2 Å². The Morgan fingerprint density at radius 2 is 1.81 bits per heavy atom. The maximum atomic E-state index is 13.1. The minimum absolute atomic E-state index is 0.140. The molecule has 0 radical (unpaired) electrons. The molecule has 0 N–H and O–H groups in total. The van der Waals surface area contributed by atoms with E-state index >= 15 is 0 Å². The second-order valence-corrected chi connectivity index (χ2v) is 9.39. The van der Waals surface area contributed by atoms with Gasteiger partial charge in [0.15, 0.2) is 16.8 Å². The zero-order valence-corrected chi connectivity index (χ0v) is 20.9. The molecular weight excluding hydrogens is 418 g/mol. The van der Waals surface area contributed by atoms with Crippen LogP contribution in [0.1, 0.15) is 65.9 Å². The zero-order valence-electron chi connectivity index (χ0n) is 20.1. The maximum Gasteiger partial charge on any atom is 0.192 e. The largest absolute Gasteiger partial charge is 0.348 e. The molecular formula is C25H35N5OS. The van der Waals surface area contributed by atoms with Crippen molar-refractivity contribution in [1.29, 1.82) is 0 Å². The highest BCUT2D eigenvalue weighted by atomic mass is 32.2. The van der Waals surface area contributed by atoms with Gasteiger partial charge in [0.2, 0.25) is 0 Å². The molecule has 0 bridgehead atoms. The number of carbonyl (C=O) groups excluding carboxylic acids is 1. The van der Waals surface area contributed by atoms with Crippen molar-refractivity contribution in [3.8, 4) is 0 Å². The van der Waals surface area contributed by atoms with Crippen LogP contribution in [-0.2, 0) is 13.1 Å². The summed E-state index contributed by atoms with van der Waals surface area (Å²) in [6.45, 7) is 10.1. The average molecular weight is 454 g/mol. The monoisotopic (exact) mass is 453 g/mol. The third kappa shape index (κ3) is 5.33. The van der Waals surface area contributed by atoms with Crippen LogP contribution >= 0.6 is 11.8 Å². The first-order valence-electron chi connectivity index (χ1n) is 11.3. The highest BCUT2D eigenvalue weighted by Gasteiger charge is 2.23. The first-order chi connectivity index (χ1) is 15.4. The zero-order chi connectivity index (χ0) is 23.3. The van der Waals surface area contributed by atoms with Crippen LogP contribution in [0, 0.1) is 13.8 Å². The fourth-order valence-electron chi connectivity index (χ4n) is 4.21. The molecule has 2 aromatic heterocycles. The van der Waals surface area contributed by atoms with Gasteiger partial charge in [-0.3, -0.25) is 9.69 Å². The number of carbonyl (C=O) groups is 1. The average Bonchev–Trinajstić information content (AvgIpc) is 3.29. The summed E-state index contributed by atoms with van der Waals surface area (Å²) in [7, 11) is 4.14. The number of Topliss-reactive ketones (excluding diaryl/α,β-unsaturated/α-hetero) is 1. The van der Waals surface area contributed by atoms with E-state index in [4.69, 9.17) is 0 Å². The number of benzene rings is 1. The van der Waals surface area contributed by atoms with Gasteiger partial charge < -0.3 is 9.13 Å². The summed E-state index contributed by atoms with van der Waals surface area (Å²) < 4.78 is 4.40. The van der Waals surface area contributed by atoms with Crippen LogP contribution in [0.15, 0.2) is 41.6 Å². The van der Waals surface area contributed by atoms with Crippen molar-refractivity contribution in [2.75, 3.05) is 19.8 Å². The molecule has 0 aliphatic heterocycles. The molecule has 0 aliphatic rings. The summed E-state index contributed by atoms with van der Waals surface area (Å²) in [4.78, 5) is 15.3. The molecule has 0 saturated heterocycles. The molecule has 2 heterocycles. The van der Waals surface area contributed by atoms with E-state index in [-0.39, 0.29) is 11.8 Å². The summed E-state index contributed by atoms with van der Waals surface area (Å²) in [6.07, 6.45) is 1.99. The van der Waals surface area contributed by atoms with Crippen molar-refractivity contribution in [3.05, 3.63) is 64.7 Å². The molecule has 0 amide bonds. The minimum atomic E-state index is 0.140. The van der Waals surface area contributed by atoms with Gasteiger partial charge in [-0.2, -0.15) is 0 Å². The topological polar surface area (TPSA) is 56.0 Å². The van der Waals surface area contributed by atoms with Gasteiger partial charge in [0.1, 0.15) is 0 Å². The van der Waals surface area contributed by atoms with Gasteiger partial charge in [0.05, 0.1) is 18.3 Å². The van der Waals surface area contributed by atoms with Gasteiger partial charge >= 0.3 is 0 Å². The number of aromatic nitrogens is 4. The molecule has 7 heteroatoms. The number of nitrogens with zero attached hydrogens (tertiary/aromatic N) is 5. The lowest BCUT2D eigenvalue weighted by Gasteiger charge is -2.23. The van der Waals surface area contributed by atoms with E-state index in [1.54, 1.807) is 0 Å². The number of ketones is 1. The van der Waals surface area contributed by atoms with Crippen molar-refractivity contribution >= 4 is 17.5 Å². The van der Waals surface area contributed by atoms with E-state index < -0.39 is 0 Å². The Kier molecular flexibility index (Phi) is 8.32. The SMILES string of the molecule is CCCn1c(C)cc(C(=O)CSc2nnc(C(CC)N(C)C)n2Cc2ccccc2)c1C. The second kappa shape index (κ2) is 11.0. The Balaban J connectivity index is 1.85. The first kappa shape index (κ1) is 24.3. The van der Waals surface area contributed by atoms with Gasteiger partial charge in [0, 0.05) is 23.5 Å². The molecule has 0 spiro atoms. The van der Waals surface area contributed by atoms with E-state index in [1.165, 1.54) is 17.3 Å². The van der Waals surface area contributed by atoms with Crippen LogP contribution in [0.3, 0.4) is 0 Å². The van der Waals surface area contributed by atoms with Crippen molar-refractivity contribution in [3.63, 3.8) is 0 Å². The number of hydrogen-bond donors (Lipinski definition) is 0. The summed E-state index contributed by atoms with van der Waals surface area (Å²) in [6, 6.07) is 12.5. The third-order valence-electron chi connectivity index (χ3n) is 5.89.